The van der Waals surface area contributed by atoms with Gasteiger partial charge in [0.2, 0.25) is 0 Å². The van der Waals surface area contributed by atoms with Crippen LogP contribution in [0.3, 0.4) is 0 Å². The monoisotopic (exact) mass is 378 g/mol. The van der Waals surface area contributed by atoms with Gasteiger partial charge in [0.1, 0.15) is 21.9 Å². The molecular formula is C19H18N6OS. The molecule has 0 radical (unpaired) electrons. The van der Waals surface area contributed by atoms with Gasteiger partial charge in [0, 0.05) is 17.3 Å². The standard InChI is InChI=1S/C19H18N6OS/c20-6-5-19(26)10-25(11-19)17-15-12-3-1-2-4-14(12)27-18(15)24-16(23-17)13-9-21-7-8-22-13/h7-9,26H,1-5,10-11H2. The van der Waals surface area contributed by atoms with Gasteiger partial charge < -0.3 is 10.0 Å². The van der Waals surface area contributed by atoms with Crippen LogP contribution in [0.25, 0.3) is 21.7 Å². The van der Waals surface area contributed by atoms with E-state index in [4.69, 9.17) is 15.2 Å². The van der Waals surface area contributed by atoms with Gasteiger partial charge in [-0.25, -0.2) is 15.0 Å². The summed E-state index contributed by atoms with van der Waals surface area (Å²) >= 11 is 1.74. The Kier molecular flexibility index (Phi) is 3.81. The summed E-state index contributed by atoms with van der Waals surface area (Å²) in [7, 11) is 0. The molecule has 8 heteroatoms. The molecule has 1 fully saturated rings. The Morgan fingerprint density at radius 2 is 2.07 bits per heavy atom. The largest absolute Gasteiger partial charge is 0.385 e. The Hall–Kier alpha value is -2.63. The molecule has 4 heterocycles. The van der Waals surface area contributed by atoms with E-state index < -0.39 is 5.60 Å². The van der Waals surface area contributed by atoms with E-state index in [9.17, 15) is 5.11 Å². The summed E-state index contributed by atoms with van der Waals surface area (Å²) in [5.41, 5.74) is 1.05. The number of rotatable bonds is 3. The zero-order valence-corrected chi connectivity index (χ0v) is 15.5. The summed E-state index contributed by atoms with van der Waals surface area (Å²) < 4.78 is 0. The van der Waals surface area contributed by atoms with Gasteiger partial charge in [-0.2, -0.15) is 5.26 Å². The van der Waals surface area contributed by atoms with Crippen molar-refractivity contribution in [3.8, 4) is 17.6 Å². The molecule has 3 aromatic heterocycles. The van der Waals surface area contributed by atoms with Crippen LogP contribution in [0, 0.1) is 11.3 Å². The minimum Gasteiger partial charge on any atom is -0.385 e. The Labute approximate surface area is 160 Å². The fourth-order valence-corrected chi connectivity index (χ4v) is 5.22. The number of hydrogen-bond acceptors (Lipinski definition) is 8. The summed E-state index contributed by atoms with van der Waals surface area (Å²) in [5, 5.41) is 20.5. The van der Waals surface area contributed by atoms with Crippen LogP contribution in [0.5, 0.6) is 0 Å². The SMILES string of the molecule is N#CCC1(O)CN(c2nc(-c3cnccn3)nc3sc4c(c23)CCCC4)C1. The van der Waals surface area contributed by atoms with Crippen LogP contribution in [0.4, 0.5) is 5.82 Å². The van der Waals surface area contributed by atoms with Gasteiger partial charge in [-0.3, -0.25) is 4.98 Å². The number of aliphatic hydroxyl groups is 1. The third-order valence-electron chi connectivity index (χ3n) is 5.27. The van der Waals surface area contributed by atoms with Crippen molar-refractivity contribution < 1.29 is 5.11 Å². The second-order valence-corrected chi connectivity index (χ2v) is 8.35. The summed E-state index contributed by atoms with van der Waals surface area (Å²) in [6.45, 7) is 0.828. The number of nitriles is 1. The molecular weight excluding hydrogens is 360 g/mol. The molecule has 2 aliphatic rings. The van der Waals surface area contributed by atoms with E-state index >= 15 is 0 Å². The molecule has 0 amide bonds. The smallest absolute Gasteiger partial charge is 0.183 e. The number of thiophene rings is 1. The van der Waals surface area contributed by atoms with Gasteiger partial charge in [-0.1, -0.05) is 0 Å². The second kappa shape index (κ2) is 6.22. The van der Waals surface area contributed by atoms with E-state index in [-0.39, 0.29) is 6.42 Å². The summed E-state index contributed by atoms with van der Waals surface area (Å²) in [6, 6.07) is 2.08. The topological polar surface area (TPSA) is 98.8 Å². The zero-order chi connectivity index (χ0) is 18.4. The Bertz CT molecular complexity index is 1050. The molecule has 1 aliphatic heterocycles. The van der Waals surface area contributed by atoms with Crippen molar-refractivity contribution in [2.75, 3.05) is 18.0 Å². The number of aryl methyl sites for hydroxylation is 2. The number of hydrogen-bond donors (Lipinski definition) is 1. The average Bonchev–Trinajstić information content (AvgIpc) is 3.05. The van der Waals surface area contributed by atoms with E-state index in [1.165, 1.54) is 23.3 Å². The van der Waals surface area contributed by atoms with Crippen LogP contribution in [0.2, 0.25) is 0 Å². The van der Waals surface area contributed by atoms with Gasteiger partial charge in [0.15, 0.2) is 5.82 Å². The summed E-state index contributed by atoms with van der Waals surface area (Å²) in [5.74, 6) is 1.41. The Morgan fingerprint density at radius 1 is 1.22 bits per heavy atom. The number of anilines is 1. The molecule has 0 aromatic carbocycles. The van der Waals surface area contributed by atoms with E-state index in [1.54, 1.807) is 29.9 Å². The van der Waals surface area contributed by atoms with Crippen molar-refractivity contribution in [2.24, 2.45) is 0 Å². The highest BCUT2D eigenvalue weighted by atomic mass is 32.1. The van der Waals surface area contributed by atoms with Crippen molar-refractivity contribution in [3.63, 3.8) is 0 Å². The van der Waals surface area contributed by atoms with Crippen molar-refractivity contribution >= 4 is 27.4 Å². The maximum atomic E-state index is 10.5. The van der Waals surface area contributed by atoms with E-state index in [1.807, 2.05) is 0 Å². The van der Waals surface area contributed by atoms with E-state index in [2.05, 4.69) is 20.9 Å². The van der Waals surface area contributed by atoms with Crippen molar-refractivity contribution in [2.45, 2.75) is 37.7 Å². The fourth-order valence-electron chi connectivity index (χ4n) is 3.97. The minimum absolute atomic E-state index is 0.135. The maximum Gasteiger partial charge on any atom is 0.183 e. The molecule has 0 unspecified atom stereocenters. The third-order valence-corrected chi connectivity index (χ3v) is 6.45. The first-order chi connectivity index (χ1) is 13.2. The Morgan fingerprint density at radius 3 is 2.85 bits per heavy atom. The van der Waals surface area contributed by atoms with Crippen LogP contribution >= 0.6 is 11.3 Å². The van der Waals surface area contributed by atoms with Gasteiger partial charge in [0.25, 0.3) is 0 Å². The molecule has 0 bridgehead atoms. The molecule has 5 rings (SSSR count). The maximum absolute atomic E-state index is 10.5. The van der Waals surface area contributed by atoms with Gasteiger partial charge in [-0.05, 0) is 31.2 Å². The average molecular weight is 378 g/mol. The number of aromatic nitrogens is 4. The molecule has 1 aliphatic carbocycles. The summed E-state index contributed by atoms with van der Waals surface area (Å²) in [4.78, 5) is 22.5. The first-order valence-corrected chi connectivity index (χ1v) is 9.91. The highest BCUT2D eigenvalue weighted by Gasteiger charge is 2.43. The molecule has 7 nitrogen and oxygen atoms in total. The van der Waals surface area contributed by atoms with Crippen LogP contribution in [-0.2, 0) is 12.8 Å². The van der Waals surface area contributed by atoms with Crippen LogP contribution in [-0.4, -0.2) is 43.7 Å². The summed E-state index contributed by atoms with van der Waals surface area (Å²) in [6.07, 6.45) is 9.60. The molecule has 0 spiro atoms. The minimum atomic E-state index is -0.950. The fraction of sp³-hybridized carbons (Fsp3) is 0.421. The van der Waals surface area contributed by atoms with Gasteiger partial charge in [0.05, 0.1) is 37.2 Å². The van der Waals surface area contributed by atoms with Crippen LogP contribution < -0.4 is 4.90 Å². The molecule has 3 aromatic rings. The number of fused-ring (bicyclic) bond motifs is 3. The van der Waals surface area contributed by atoms with Crippen LogP contribution in [0.15, 0.2) is 18.6 Å². The quantitative estimate of drug-likeness (QED) is 0.747. The normalized spacial score (nSPS) is 18.0. The number of β-amino-alcohol motifs (C(OH)–C–C–N with tert-alkyl or cyclic N) is 1. The molecule has 0 saturated carbocycles. The molecule has 136 valence electrons. The van der Waals surface area contributed by atoms with Gasteiger partial charge in [-0.15, -0.1) is 11.3 Å². The first-order valence-electron chi connectivity index (χ1n) is 9.10. The van der Waals surface area contributed by atoms with Crippen LogP contribution in [0.1, 0.15) is 29.7 Å². The first kappa shape index (κ1) is 16.5. The lowest BCUT2D eigenvalue weighted by Crippen LogP contribution is -2.62. The van der Waals surface area contributed by atoms with E-state index in [0.717, 1.165) is 28.9 Å². The lowest BCUT2D eigenvalue weighted by molar-refractivity contribution is 0.0164. The highest BCUT2D eigenvalue weighted by Crippen LogP contribution is 2.42. The molecule has 0 atom stereocenters. The highest BCUT2D eigenvalue weighted by molar-refractivity contribution is 7.19. The van der Waals surface area contributed by atoms with Crippen molar-refractivity contribution in [3.05, 3.63) is 29.0 Å². The lowest BCUT2D eigenvalue weighted by atomic mass is 9.90. The van der Waals surface area contributed by atoms with Gasteiger partial charge >= 0.3 is 0 Å². The molecule has 27 heavy (non-hydrogen) atoms. The number of nitrogens with zero attached hydrogens (tertiary/aromatic N) is 6. The predicted octanol–water partition coefficient (Wildman–Crippen LogP) is 2.49. The predicted molar refractivity (Wildman–Crippen MR) is 102 cm³/mol. The Balaban J connectivity index is 1.65. The van der Waals surface area contributed by atoms with E-state index in [0.29, 0.717) is 24.6 Å². The third kappa shape index (κ3) is 2.74. The lowest BCUT2D eigenvalue weighted by Gasteiger charge is -2.46. The molecule has 1 saturated heterocycles. The zero-order valence-electron chi connectivity index (χ0n) is 14.7. The van der Waals surface area contributed by atoms with Crippen molar-refractivity contribution in [1.29, 1.82) is 5.26 Å². The molecule has 1 N–H and O–H groups in total. The second-order valence-electron chi connectivity index (χ2n) is 7.27. The van der Waals surface area contributed by atoms with Crippen molar-refractivity contribution in [1.82, 2.24) is 19.9 Å².